The van der Waals surface area contributed by atoms with Crippen LogP contribution in [-0.4, -0.2) is 15.0 Å². The van der Waals surface area contributed by atoms with Crippen LogP contribution in [0.15, 0.2) is 54.7 Å². The van der Waals surface area contributed by atoms with Gasteiger partial charge in [-0.15, -0.1) is 0 Å². The number of aryl methyl sites for hydroxylation is 1. The largest absolute Gasteiger partial charge is 0.236 e. The van der Waals surface area contributed by atoms with E-state index in [0.29, 0.717) is 22.2 Å². The molecule has 0 radical (unpaired) electrons. The summed E-state index contributed by atoms with van der Waals surface area (Å²) in [6.45, 7) is 1.93. The Morgan fingerprint density at radius 2 is 1.73 bits per heavy atom. The number of aromatic nitrogens is 3. The normalized spacial score (nSPS) is 9.91. The Hall–Kier alpha value is -2.70. The molecular formula is C18H12ClN3. The summed E-state index contributed by atoms with van der Waals surface area (Å²) >= 11 is 5.86. The van der Waals surface area contributed by atoms with Gasteiger partial charge in [0.15, 0.2) is 5.82 Å². The third-order valence-electron chi connectivity index (χ3n) is 2.95. The second-order valence-electron chi connectivity index (χ2n) is 4.69. The smallest absolute Gasteiger partial charge is 0.178 e. The number of halogens is 1. The van der Waals surface area contributed by atoms with Crippen molar-refractivity contribution >= 4 is 11.6 Å². The Bertz CT molecular complexity index is 861. The van der Waals surface area contributed by atoms with Crippen LogP contribution in [0.3, 0.4) is 0 Å². The summed E-state index contributed by atoms with van der Waals surface area (Å²) in [7, 11) is 0. The lowest BCUT2D eigenvalue weighted by Crippen LogP contribution is -1.94. The molecule has 22 heavy (non-hydrogen) atoms. The van der Waals surface area contributed by atoms with E-state index in [-0.39, 0.29) is 0 Å². The molecule has 2 heterocycles. The van der Waals surface area contributed by atoms with Crippen molar-refractivity contribution in [1.29, 1.82) is 0 Å². The second kappa shape index (κ2) is 6.38. The minimum Gasteiger partial charge on any atom is -0.236 e. The van der Waals surface area contributed by atoms with Gasteiger partial charge in [-0.3, -0.25) is 0 Å². The van der Waals surface area contributed by atoms with Gasteiger partial charge in [0.2, 0.25) is 0 Å². The topological polar surface area (TPSA) is 38.7 Å². The van der Waals surface area contributed by atoms with Crippen molar-refractivity contribution in [2.45, 2.75) is 6.92 Å². The zero-order valence-electron chi connectivity index (χ0n) is 11.9. The van der Waals surface area contributed by atoms with Gasteiger partial charge in [0.1, 0.15) is 11.4 Å². The highest BCUT2D eigenvalue weighted by atomic mass is 35.5. The van der Waals surface area contributed by atoms with Crippen LogP contribution in [0.1, 0.15) is 17.0 Å². The maximum atomic E-state index is 5.86. The Labute approximate surface area is 134 Å². The maximum absolute atomic E-state index is 5.86. The van der Waals surface area contributed by atoms with Crippen LogP contribution >= 0.6 is 11.6 Å². The molecule has 0 saturated heterocycles. The van der Waals surface area contributed by atoms with Gasteiger partial charge in [0.05, 0.1) is 0 Å². The SMILES string of the molecule is Cc1ccnc(-c2cccc(C#Cc3ccc(Cl)cc3)n2)n1. The number of hydrogen-bond donors (Lipinski definition) is 0. The standard InChI is InChI=1S/C18H12ClN3/c1-13-11-12-20-18(21-13)17-4-2-3-16(22-17)10-7-14-5-8-15(19)9-6-14/h2-6,8-9,11-12H,1H3. The predicted molar refractivity (Wildman–Crippen MR) is 87.4 cm³/mol. The van der Waals surface area contributed by atoms with E-state index in [1.807, 2.05) is 55.5 Å². The Morgan fingerprint density at radius 3 is 2.50 bits per heavy atom. The van der Waals surface area contributed by atoms with Gasteiger partial charge in [-0.05, 0) is 55.3 Å². The molecule has 3 rings (SSSR count). The molecule has 0 N–H and O–H groups in total. The van der Waals surface area contributed by atoms with E-state index in [4.69, 9.17) is 11.6 Å². The van der Waals surface area contributed by atoms with Crippen LogP contribution < -0.4 is 0 Å². The first kappa shape index (κ1) is 14.2. The van der Waals surface area contributed by atoms with Crippen LogP contribution in [0.2, 0.25) is 5.02 Å². The highest BCUT2D eigenvalue weighted by Gasteiger charge is 2.03. The van der Waals surface area contributed by atoms with Crippen LogP contribution in [0.25, 0.3) is 11.5 Å². The molecule has 0 saturated carbocycles. The molecule has 0 amide bonds. The summed E-state index contributed by atoms with van der Waals surface area (Å²) in [4.78, 5) is 13.1. The Kier molecular flexibility index (Phi) is 4.13. The van der Waals surface area contributed by atoms with Gasteiger partial charge in [0.25, 0.3) is 0 Å². The molecule has 0 spiro atoms. The van der Waals surface area contributed by atoms with Gasteiger partial charge in [-0.25, -0.2) is 15.0 Å². The van der Waals surface area contributed by atoms with Gasteiger partial charge in [0, 0.05) is 22.5 Å². The van der Waals surface area contributed by atoms with Crippen molar-refractivity contribution in [3.8, 4) is 23.4 Å². The summed E-state index contributed by atoms with van der Waals surface area (Å²) in [6, 6.07) is 14.9. The lowest BCUT2D eigenvalue weighted by Gasteiger charge is -2.00. The van der Waals surface area contributed by atoms with Gasteiger partial charge in [-0.1, -0.05) is 23.6 Å². The third kappa shape index (κ3) is 3.49. The first-order chi connectivity index (χ1) is 10.7. The monoisotopic (exact) mass is 305 g/mol. The van der Waals surface area contributed by atoms with Crippen molar-refractivity contribution in [1.82, 2.24) is 15.0 Å². The number of rotatable bonds is 1. The van der Waals surface area contributed by atoms with Gasteiger partial charge >= 0.3 is 0 Å². The molecule has 3 aromatic rings. The van der Waals surface area contributed by atoms with Crippen molar-refractivity contribution in [2.75, 3.05) is 0 Å². The zero-order valence-corrected chi connectivity index (χ0v) is 12.7. The summed E-state index contributed by atoms with van der Waals surface area (Å²) in [6.07, 6.45) is 1.73. The molecule has 0 aliphatic carbocycles. The number of hydrogen-bond acceptors (Lipinski definition) is 3. The third-order valence-corrected chi connectivity index (χ3v) is 3.20. The number of nitrogens with zero attached hydrogens (tertiary/aromatic N) is 3. The molecule has 0 bridgehead atoms. The fraction of sp³-hybridized carbons (Fsp3) is 0.0556. The van der Waals surface area contributed by atoms with Crippen molar-refractivity contribution in [3.63, 3.8) is 0 Å². The molecule has 0 aliphatic rings. The molecule has 1 aromatic carbocycles. The van der Waals surface area contributed by atoms with Gasteiger partial charge in [-0.2, -0.15) is 0 Å². The summed E-state index contributed by atoms with van der Waals surface area (Å²) < 4.78 is 0. The minimum absolute atomic E-state index is 0.607. The first-order valence-corrected chi connectivity index (χ1v) is 7.13. The average molecular weight is 306 g/mol. The molecular weight excluding hydrogens is 294 g/mol. The van der Waals surface area contributed by atoms with E-state index >= 15 is 0 Å². The molecule has 0 fully saturated rings. The van der Waals surface area contributed by atoms with Crippen molar-refractivity contribution in [3.05, 3.63) is 76.7 Å². The van der Waals surface area contributed by atoms with E-state index in [1.165, 1.54) is 0 Å². The van der Waals surface area contributed by atoms with Crippen molar-refractivity contribution < 1.29 is 0 Å². The molecule has 4 heteroatoms. The van der Waals surface area contributed by atoms with E-state index in [0.717, 1.165) is 11.3 Å². The van der Waals surface area contributed by atoms with Crippen LogP contribution in [0.4, 0.5) is 0 Å². The molecule has 2 aromatic heterocycles. The molecule has 0 aliphatic heterocycles. The van der Waals surface area contributed by atoms with Crippen molar-refractivity contribution in [2.24, 2.45) is 0 Å². The Morgan fingerprint density at radius 1 is 0.909 bits per heavy atom. The van der Waals surface area contributed by atoms with Crippen LogP contribution in [-0.2, 0) is 0 Å². The predicted octanol–water partition coefficient (Wildman–Crippen LogP) is 3.90. The van der Waals surface area contributed by atoms with E-state index in [1.54, 1.807) is 6.20 Å². The van der Waals surface area contributed by atoms with E-state index in [9.17, 15) is 0 Å². The molecule has 0 unspecified atom stereocenters. The first-order valence-electron chi connectivity index (χ1n) is 6.75. The lowest BCUT2D eigenvalue weighted by atomic mass is 10.2. The van der Waals surface area contributed by atoms with E-state index < -0.39 is 0 Å². The molecule has 106 valence electrons. The quantitative estimate of drug-likeness (QED) is 0.640. The second-order valence-corrected chi connectivity index (χ2v) is 5.12. The van der Waals surface area contributed by atoms with Crippen LogP contribution in [0, 0.1) is 18.8 Å². The van der Waals surface area contributed by atoms with Gasteiger partial charge < -0.3 is 0 Å². The fourth-order valence-electron chi connectivity index (χ4n) is 1.87. The van der Waals surface area contributed by atoms with Crippen LogP contribution in [0.5, 0.6) is 0 Å². The average Bonchev–Trinajstić information content (AvgIpc) is 2.55. The zero-order chi connectivity index (χ0) is 15.4. The summed E-state index contributed by atoms with van der Waals surface area (Å²) in [5.41, 5.74) is 3.19. The fourth-order valence-corrected chi connectivity index (χ4v) is 2.00. The summed E-state index contributed by atoms with van der Waals surface area (Å²) in [5, 5.41) is 0.697. The highest BCUT2D eigenvalue weighted by Crippen LogP contribution is 2.12. The molecule has 0 atom stereocenters. The lowest BCUT2D eigenvalue weighted by molar-refractivity contribution is 1.09. The minimum atomic E-state index is 0.607. The maximum Gasteiger partial charge on any atom is 0.178 e. The number of pyridine rings is 1. The number of benzene rings is 1. The highest BCUT2D eigenvalue weighted by molar-refractivity contribution is 6.30. The Balaban J connectivity index is 1.90. The summed E-state index contributed by atoms with van der Waals surface area (Å²) in [5.74, 6) is 6.72. The molecule has 3 nitrogen and oxygen atoms in total. The van der Waals surface area contributed by atoms with E-state index in [2.05, 4.69) is 26.8 Å².